The van der Waals surface area contributed by atoms with Crippen LogP contribution in [0.25, 0.3) is 0 Å². The maximum absolute atomic E-state index is 12.0. The molecule has 1 aromatic carbocycles. The Balaban J connectivity index is 2.65. The molecule has 11 heteroatoms. The van der Waals surface area contributed by atoms with Crippen molar-refractivity contribution in [3.63, 3.8) is 0 Å². The van der Waals surface area contributed by atoms with E-state index in [1.54, 1.807) is 20.8 Å². The van der Waals surface area contributed by atoms with Gasteiger partial charge in [-0.05, 0) is 45.4 Å². The van der Waals surface area contributed by atoms with Gasteiger partial charge in [0.2, 0.25) is 11.8 Å². The molecule has 5 N–H and O–H groups in total. The second-order valence-electron chi connectivity index (χ2n) is 6.69. The molecular weight excluding hydrogens is 378 g/mol. The molecule has 0 saturated heterocycles. The minimum atomic E-state index is -4.40. The van der Waals surface area contributed by atoms with Crippen LogP contribution in [0, 0.1) is 0 Å². The summed E-state index contributed by atoms with van der Waals surface area (Å²) in [5, 5.41) is 4.72. The first-order valence-electron chi connectivity index (χ1n) is 7.94. The highest BCUT2D eigenvalue weighted by Crippen LogP contribution is 2.15. The van der Waals surface area contributed by atoms with Crippen molar-refractivity contribution in [1.82, 2.24) is 5.32 Å². The molecular formula is C16H23N3O7S. The van der Waals surface area contributed by atoms with Crippen LogP contribution < -0.4 is 16.4 Å². The normalized spacial score (nSPS) is 12.7. The average molecular weight is 401 g/mol. The quantitative estimate of drug-likeness (QED) is 0.495. The van der Waals surface area contributed by atoms with Crippen molar-refractivity contribution in [2.45, 2.75) is 50.2 Å². The Morgan fingerprint density at radius 1 is 1.26 bits per heavy atom. The number of carbonyl (C=O) groups is 3. The van der Waals surface area contributed by atoms with E-state index in [-0.39, 0.29) is 23.4 Å². The summed E-state index contributed by atoms with van der Waals surface area (Å²) in [6, 6.07) is 3.90. The standard InChI is InChI=1S/C16H23N3O7S/c1-16(2,3)26-15(22)19-12(14(17)21)7-8-13(20)18-10-5-4-6-11(9-10)27(23,24)25/h4-6,9,12H,7-8H2,1-3H3,(H2,17,21)(H,18,20)(H,19,22)(H,23,24,25)/t12-/m0/s1. The van der Waals surface area contributed by atoms with Crippen LogP contribution >= 0.6 is 0 Å². The average Bonchev–Trinajstić information content (AvgIpc) is 2.48. The fourth-order valence-electron chi connectivity index (χ4n) is 1.97. The van der Waals surface area contributed by atoms with Crippen LogP contribution in [0.2, 0.25) is 0 Å². The molecule has 1 aromatic rings. The summed E-state index contributed by atoms with van der Waals surface area (Å²) < 4.78 is 36.2. The Morgan fingerprint density at radius 2 is 1.89 bits per heavy atom. The molecule has 0 spiro atoms. The number of alkyl carbamates (subject to hydrolysis) is 1. The molecule has 0 aromatic heterocycles. The molecule has 10 nitrogen and oxygen atoms in total. The first kappa shape index (κ1) is 22.4. The topological polar surface area (TPSA) is 165 Å². The summed E-state index contributed by atoms with van der Waals surface area (Å²) in [5.74, 6) is -1.37. The number of primary amides is 1. The second-order valence-corrected chi connectivity index (χ2v) is 8.11. The zero-order valence-electron chi connectivity index (χ0n) is 15.2. The van der Waals surface area contributed by atoms with Gasteiger partial charge in [0, 0.05) is 12.1 Å². The van der Waals surface area contributed by atoms with E-state index in [2.05, 4.69) is 10.6 Å². The molecule has 0 saturated carbocycles. The van der Waals surface area contributed by atoms with Crippen LogP contribution in [0.1, 0.15) is 33.6 Å². The van der Waals surface area contributed by atoms with Crippen molar-refractivity contribution in [3.8, 4) is 0 Å². The Bertz CT molecular complexity index is 816. The van der Waals surface area contributed by atoms with Gasteiger partial charge in [0.15, 0.2) is 0 Å². The highest BCUT2D eigenvalue weighted by molar-refractivity contribution is 7.85. The molecule has 0 heterocycles. The molecule has 0 bridgehead atoms. The van der Waals surface area contributed by atoms with Crippen LogP contribution in [0.5, 0.6) is 0 Å². The van der Waals surface area contributed by atoms with E-state index in [0.717, 1.165) is 6.07 Å². The van der Waals surface area contributed by atoms with E-state index in [1.165, 1.54) is 18.2 Å². The zero-order chi connectivity index (χ0) is 20.8. The van der Waals surface area contributed by atoms with Gasteiger partial charge < -0.3 is 21.1 Å². The monoisotopic (exact) mass is 401 g/mol. The molecule has 3 amide bonds. The number of nitrogens with one attached hydrogen (secondary N) is 2. The van der Waals surface area contributed by atoms with Gasteiger partial charge in [-0.1, -0.05) is 6.07 Å². The van der Waals surface area contributed by atoms with Crippen molar-refractivity contribution in [2.75, 3.05) is 5.32 Å². The van der Waals surface area contributed by atoms with Crippen molar-refractivity contribution in [2.24, 2.45) is 5.73 Å². The molecule has 0 fully saturated rings. The fourth-order valence-corrected chi connectivity index (χ4v) is 2.50. The summed E-state index contributed by atoms with van der Waals surface area (Å²) in [5.41, 5.74) is 4.60. The molecule has 150 valence electrons. The van der Waals surface area contributed by atoms with E-state index in [1.807, 2.05) is 0 Å². The number of hydrogen-bond acceptors (Lipinski definition) is 6. The second kappa shape index (κ2) is 8.82. The van der Waals surface area contributed by atoms with Crippen LogP contribution in [-0.2, 0) is 24.4 Å². The maximum Gasteiger partial charge on any atom is 0.408 e. The molecule has 0 radical (unpaired) electrons. The lowest BCUT2D eigenvalue weighted by atomic mass is 10.1. The Kier molecular flexibility index (Phi) is 7.31. The smallest absolute Gasteiger partial charge is 0.408 e. The van der Waals surface area contributed by atoms with Crippen LogP contribution in [-0.4, -0.2) is 42.5 Å². The number of rotatable bonds is 7. The lowest BCUT2D eigenvalue weighted by Gasteiger charge is -2.22. The summed E-state index contributed by atoms with van der Waals surface area (Å²) >= 11 is 0. The van der Waals surface area contributed by atoms with E-state index in [4.69, 9.17) is 15.0 Å². The third kappa shape index (κ3) is 8.51. The maximum atomic E-state index is 12.0. The summed E-state index contributed by atoms with van der Waals surface area (Å²) in [7, 11) is -4.40. The number of benzene rings is 1. The molecule has 1 rings (SSSR count). The van der Waals surface area contributed by atoms with Gasteiger partial charge >= 0.3 is 6.09 Å². The van der Waals surface area contributed by atoms with Crippen molar-refractivity contribution < 1.29 is 32.1 Å². The van der Waals surface area contributed by atoms with E-state index in [9.17, 15) is 22.8 Å². The molecule has 1 atom stereocenters. The van der Waals surface area contributed by atoms with Gasteiger partial charge in [0.1, 0.15) is 11.6 Å². The predicted molar refractivity (Wildman–Crippen MR) is 96.5 cm³/mol. The largest absolute Gasteiger partial charge is 0.444 e. The van der Waals surface area contributed by atoms with Gasteiger partial charge in [-0.25, -0.2) is 4.79 Å². The molecule has 0 aliphatic rings. The summed E-state index contributed by atoms with van der Waals surface area (Å²) in [4.78, 5) is 34.8. The number of nitrogens with two attached hydrogens (primary N) is 1. The van der Waals surface area contributed by atoms with E-state index < -0.39 is 39.7 Å². The van der Waals surface area contributed by atoms with Crippen molar-refractivity contribution >= 4 is 33.7 Å². The Morgan fingerprint density at radius 3 is 2.41 bits per heavy atom. The van der Waals surface area contributed by atoms with Gasteiger partial charge in [-0.2, -0.15) is 8.42 Å². The van der Waals surface area contributed by atoms with Crippen molar-refractivity contribution in [3.05, 3.63) is 24.3 Å². The van der Waals surface area contributed by atoms with Crippen molar-refractivity contribution in [1.29, 1.82) is 0 Å². The minimum Gasteiger partial charge on any atom is -0.444 e. The fraction of sp³-hybridized carbons (Fsp3) is 0.438. The van der Waals surface area contributed by atoms with Crippen LogP contribution in [0.4, 0.5) is 10.5 Å². The third-order valence-corrected chi connectivity index (χ3v) is 3.96. The third-order valence-electron chi connectivity index (χ3n) is 3.11. The Hall–Kier alpha value is -2.66. The number of hydrogen-bond donors (Lipinski definition) is 4. The summed E-state index contributed by atoms with van der Waals surface area (Å²) in [6.07, 6.45) is -1.11. The molecule has 0 aliphatic heterocycles. The van der Waals surface area contributed by atoms with E-state index >= 15 is 0 Å². The Labute approximate surface area is 157 Å². The number of ether oxygens (including phenoxy) is 1. The highest BCUT2D eigenvalue weighted by Gasteiger charge is 2.23. The van der Waals surface area contributed by atoms with Gasteiger partial charge in [-0.3, -0.25) is 14.1 Å². The number of amides is 3. The van der Waals surface area contributed by atoms with Gasteiger partial charge in [0.05, 0.1) is 4.90 Å². The minimum absolute atomic E-state index is 0.0849. The lowest BCUT2D eigenvalue weighted by molar-refractivity contribution is -0.120. The summed E-state index contributed by atoms with van der Waals surface area (Å²) in [6.45, 7) is 4.96. The van der Waals surface area contributed by atoms with E-state index in [0.29, 0.717) is 0 Å². The van der Waals surface area contributed by atoms with Gasteiger partial charge in [-0.15, -0.1) is 0 Å². The highest BCUT2D eigenvalue weighted by atomic mass is 32.2. The van der Waals surface area contributed by atoms with Gasteiger partial charge in [0.25, 0.3) is 10.1 Å². The molecule has 0 unspecified atom stereocenters. The molecule has 27 heavy (non-hydrogen) atoms. The van der Waals surface area contributed by atoms with Crippen LogP contribution in [0.15, 0.2) is 29.2 Å². The first-order valence-corrected chi connectivity index (χ1v) is 9.38. The number of carbonyl (C=O) groups excluding carboxylic acids is 3. The number of anilines is 1. The van der Waals surface area contributed by atoms with Crippen LogP contribution in [0.3, 0.4) is 0 Å². The first-order chi connectivity index (χ1) is 12.3. The SMILES string of the molecule is CC(C)(C)OC(=O)N[C@@H](CCC(=O)Nc1cccc(S(=O)(=O)O)c1)C(N)=O. The predicted octanol–water partition coefficient (Wildman–Crippen LogP) is 1.03. The lowest BCUT2D eigenvalue weighted by Crippen LogP contribution is -2.46. The molecule has 0 aliphatic carbocycles. The zero-order valence-corrected chi connectivity index (χ0v) is 16.0.